The number of nitrogens with one attached hydrogen (secondary N) is 1. The Bertz CT molecular complexity index is 679. The van der Waals surface area contributed by atoms with E-state index in [0.717, 1.165) is 29.0 Å². The first-order chi connectivity index (χ1) is 11.0. The molecule has 0 saturated heterocycles. The molecular formula is C20H25NO2. The fourth-order valence-corrected chi connectivity index (χ4v) is 2.55. The first-order valence-electron chi connectivity index (χ1n) is 8.10. The SMILES string of the molecule is CC[C@H](C)c1ccccc1NC(=O)COc1ccc(C)cc1C. The number of amides is 1. The molecule has 122 valence electrons. The molecule has 0 fully saturated rings. The van der Waals surface area contributed by atoms with E-state index < -0.39 is 0 Å². The molecule has 3 nitrogen and oxygen atoms in total. The van der Waals surface area contributed by atoms with Gasteiger partial charge in [0.25, 0.3) is 5.91 Å². The van der Waals surface area contributed by atoms with Crippen LogP contribution in [-0.2, 0) is 4.79 Å². The van der Waals surface area contributed by atoms with E-state index in [4.69, 9.17) is 4.74 Å². The van der Waals surface area contributed by atoms with Crippen molar-refractivity contribution in [2.45, 2.75) is 40.0 Å². The minimum absolute atomic E-state index is 0.0126. The van der Waals surface area contributed by atoms with Gasteiger partial charge in [0.2, 0.25) is 0 Å². The van der Waals surface area contributed by atoms with E-state index in [0.29, 0.717) is 5.92 Å². The van der Waals surface area contributed by atoms with Crippen LogP contribution >= 0.6 is 0 Å². The van der Waals surface area contributed by atoms with Crippen molar-refractivity contribution in [1.82, 2.24) is 0 Å². The molecule has 0 aliphatic rings. The molecule has 1 atom stereocenters. The van der Waals surface area contributed by atoms with Gasteiger partial charge in [0.1, 0.15) is 5.75 Å². The van der Waals surface area contributed by atoms with E-state index in [9.17, 15) is 4.79 Å². The van der Waals surface area contributed by atoms with Gasteiger partial charge >= 0.3 is 0 Å². The zero-order chi connectivity index (χ0) is 16.8. The van der Waals surface area contributed by atoms with E-state index in [1.165, 1.54) is 5.56 Å². The molecule has 3 heteroatoms. The average Bonchev–Trinajstić information content (AvgIpc) is 2.54. The molecule has 0 aromatic heterocycles. The Balaban J connectivity index is 2.00. The average molecular weight is 311 g/mol. The molecule has 0 unspecified atom stereocenters. The molecule has 2 aromatic carbocycles. The summed E-state index contributed by atoms with van der Waals surface area (Å²) in [5, 5.41) is 2.96. The minimum atomic E-state index is -0.138. The number of para-hydroxylation sites is 1. The van der Waals surface area contributed by atoms with E-state index in [1.54, 1.807) is 0 Å². The quantitative estimate of drug-likeness (QED) is 0.829. The lowest BCUT2D eigenvalue weighted by atomic mass is 9.97. The Labute approximate surface area is 138 Å². The van der Waals surface area contributed by atoms with E-state index in [-0.39, 0.29) is 12.5 Å². The largest absolute Gasteiger partial charge is 0.483 e. The lowest BCUT2D eigenvalue weighted by Gasteiger charge is -2.16. The highest BCUT2D eigenvalue weighted by Crippen LogP contribution is 2.26. The molecule has 0 aliphatic carbocycles. The van der Waals surface area contributed by atoms with Gasteiger partial charge in [-0.3, -0.25) is 4.79 Å². The minimum Gasteiger partial charge on any atom is -0.483 e. The standard InChI is InChI=1S/C20H25NO2/c1-5-15(3)17-8-6-7-9-18(17)21-20(22)13-23-19-11-10-14(2)12-16(19)4/h6-12,15H,5,13H2,1-4H3,(H,21,22)/t15-/m0/s1. The maximum absolute atomic E-state index is 12.2. The first kappa shape index (κ1) is 17.1. The molecule has 1 N–H and O–H groups in total. The van der Waals surface area contributed by atoms with Gasteiger partial charge in [-0.25, -0.2) is 0 Å². The molecule has 0 radical (unpaired) electrons. The number of rotatable bonds is 6. The van der Waals surface area contributed by atoms with Crippen molar-refractivity contribution < 1.29 is 9.53 Å². The highest BCUT2D eigenvalue weighted by atomic mass is 16.5. The third-order valence-electron chi connectivity index (χ3n) is 4.07. The predicted octanol–water partition coefficient (Wildman–Crippen LogP) is 4.83. The number of hydrogen-bond acceptors (Lipinski definition) is 2. The van der Waals surface area contributed by atoms with Crippen molar-refractivity contribution >= 4 is 11.6 Å². The van der Waals surface area contributed by atoms with Crippen LogP contribution < -0.4 is 10.1 Å². The topological polar surface area (TPSA) is 38.3 Å². The van der Waals surface area contributed by atoms with Gasteiger partial charge < -0.3 is 10.1 Å². The lowest BCUT2D eigenvalue weighted by molar-refractivity contribution is -0.118. The fraction of sp³-hybridized carbons (Fsp3) is 0.350. The first-order valence-corrected chi connectivity index (χ1v) is 8.10. The van der Waals surface area contributed by atoms with Crippen molar-refractivity contribution in [2.24, 2.45) is 0 Å². The van der Waals surface area contributed by atoms with Crippen LogP contribution in [0.1, 0.15) is 42.9 Å². The number of carbonyl (C=O) groups excluding carboxylic acids is 1. The number of benzene rings is 2. The Morgan fingerprint density at radius 2 is 1.91 bits per heavy atom. The van der Waals surface area contributed by atoms with Gasteiger partial charge in [0, 0.05) is 5.69 Å². The van der Waals surface area contributed by atoms with Crippen LogP contribution in [0.4, 0.5) is 5.69 Å². The zero-order valence-electron chi connectivity index (χ0n) is 14.3. The van der Waals surface area contributed by atoms with Gasteiger partial charge in [0.15, 0.2) is 6.61 Å². The van der Waals surface area contributed by atoms with Gasteiger partial charge in [-0.1, -0.05) is 49.7 Å². The number of carbonyl (C=O) groups is 1. The molecule has 2 rings (SSSR count). The Kier molecular flexibility index (Phi) is 5.80. The molecule has 2 aromatic rings. The summed E-state index contributed by atoms with van der Waals surface area (Å²) in [5.74, 6) is 1.02. The summed E-state index contributed by atoms with van der Waals surface area (Å²) < 4.78 is 5.64. The Morgan fingerprint density at radius 3 is 2.61 bits per heavy atom. The summed E-state index contributed by atoms with van der Waals surface area (Å²) >= 11 is 0. The highest BCUT2D eigenvalue weighted by molar-refractivity contribution is 5.92. The molecule has 0 bridgehead atoms. The number of aryl methyl sites for hydroxylation is 2. The number of hydrogen-bond donors (Lipinski definition) is 1. The summed E-state index contributed by atoms with van der Waals surface area (Å²) in [6.07, 6.45) is 1.03. The van der Waals surface area contributed by atoms with Crippen molar-refractivity contribution in [1.29, 1.82) is 0 Å². The van der Waals surface area contributed by atoms with Crippen LogP contribution in [0.25, 0.3) is 0 Å². The Morgan fingerprint density at radius 1 is 1.17 bits per heavy atom. The summed E-state index contributed by atoms with van der Waals surface area (Å²) in [7, 11) is 0. The third kappa shape index (κ3) is 4.59. The summed E-state index contributed by atoms with van der Waals surface area (Å²) in [6, 6.07) is 13.9. The second kappa shape index (κ2) is 7.82. The zero-order valence-corrected chi connectivity index (χ0v) is 14.3. The molecule has 0 aliphatic heterocycles. The number of anilines is 1. The van der Waals surface area contributed by atoms with E-state index in [1.807, 2.05) is 50.2 Å². The fourth-order valence-electron chi connectivity index (χ4n) is 2.55. The Hall–Kier alpha value is -2.29. The van der Waals surface area contributed by atoms with Crippen molar-refractivity contribution in [3.05, 3.63) is 59.2 Å². The summed E-state index contributed by atoms with van der Waals surface area (Å²) in [4.78, 5) is 12.2. The number of ether oxygens (including phenoxy) is 1. The van der Waals surface area contributed by atoms with Crippen LogP contribution in [-0.4, -0.2) is 12.5 Å². The third-order valence-corrected chi connectivity index (χ3v) is 4.07. The van der Waals surface area contributed by atoms with Gasteiger partial charge in [-0.2, -0.15) is 0 Å². The van der Waals surface area contributed by atoms with Gasteiger partial charge in [-0.05, 0) is 49.4 Å². The normalized spacial score (nSPS) is 11.8. The van der Waals surface area contributed by atoms with Crippen LogP contribution in [0.3, 0.4) is 0 Å². The maximum atomic E-state index is 12.2. The second-order valence-corrected chi connectivity index (χ2v) is 6.00. The van der Waals surface area contributed by atoms with Gasteiger partial charge in [0.05, 0.1) is 0 Å². The highest BCUT2D eigenvalue weighted by Gasteiger charge is 2.11. The van der Waals surface area contributed by atoms with Crippen LogP contribution in [0.5, 0.6) is 5.75 Å². The van der Waals surface area contributed by atoms with Crippen molar-refractivity contribution in [2.75, 3.05) is 11.9 Å². The van der Waals surface area contributed by atoms with E-state index in [2.05, 4.69) is 25.2 Å². The van der Waals surface area contributed by atoms with E-state index >= 15 is 0 Å². The summed E-state index contributed by atoms with van der Waals surface area (Å²) in [5.41, 5.74) is 4.26. The molecular weight excluding hydrogens is 286 g/mol. The summed E-state index contributed by atoms with van der Waals surface area (Å²) in [6.45, 7) is 8.34. The maximum Gasteiger partial charge on any atom is 0.262 e. The van der Waals surface area contributed by atoms with Crippen LogP contribution in [0, 0.1) is 13.8 Å². The predicted molar refractivity (Wildman–Crippen MR) is 95.2 cm³/mol. The van der Waals surface area contributed by atoms with Crippen LogP contribution in [0.15, 0.2) is 42.5 Å². The monoisotopic (exact) mass is 311 g/mol. The van der Waals surface area contributed by atoms with Crippen LogP contribution in [0.2, 0.25) is 0 Å². The second-order valence-electron chi connectivity index (χ2n) is 6.00. The van der Waals surface area contributed by atoms with Crippen molar-refractivity contribution in [3.63, 3.8) is 0 Å². The molecule has 23 heavy (non-hydrogen) atoms. The molecule has 1 amide bonds. The lowest BCUT2D eigenvalue weighted by Crippen LogP contribution is -2.21. The van der Waals surface area contributed by atoms with Crippen molar-refractivity contribution in [3.8, 4) is 5.75 Å². The smallest absolute Gasteiger partial charge is 0.262 e. The van der Waals surface area contributed by atoms with Gasteiger partial charge in [-0.15, -0.1) is 0 Å². The molecule has 0 heterocycles. The molecule has 0 spiro atoms. The molecule has 0 saturated carbocycles.